The number of hydrogen-bond donors (Lipinski definition) is 1. The van der Waals surface area contributed by atoms with Crippen molar-refractivity contribution in [2.24, 2.45) is 0 Å². The lowest BCUT2D eigenvalue weighted by Crippen LogP contribution is -2.18. The minimum Gasteiger partial charge on any atom is -0.380 e. The van der Waals surface area contributed by atoms with Crippen LogP contribution >= 0.6 is 0 Å². The molecule has 1 saturated heterocycles. The molecule has 0 saturated carbocycles. The van der Waals surface area contributed by atoms with E-state index < -0.39 is 9.84 Å². The summed E-state index contributed by atoms with van der Waals surface area (Å²) in [5.74, 6) is 1.02. The van der Waals surface area contributed by atoms with E-state index in [0.717, 1.165) is 24.5 Å². The summed E-state index contributed by atoms with van der Waals surface area (Å²) in [5.41, 5.74) is 1.65. The molecule has 122 valence electrons. The highest BCUT2D eigenvalue weighted by Crippen LogP contribution is 2.22. The third-order valence-corrected chi connectivity index (χ3v) is 5.16. The lowest BCUT2D eigenvalue weighted by Gasteiger charge is -2.16. The van der Waals surface area contributed by atoms with Gasteiger partial charge in [0.2, 0.25) is 0 Å². The molecule has 1 aromatic heterocycles. The van der Waals surface area contributed by atoms with Gasteiger partial charge in [0.05, 0.1) is 10.6 Å². The van der Waals surface area contributed by atoms with Crippen LogP contribution in [0.25, 0.3) is 0 Å². The summed E-state index contributed by atoms with van der Waals surface area (Å²) in [7, 11) is -3.24. The number of para-hydroxylation sites is 1. The highest BCUT2D eigenvalue weighted by molar-refractivity contribution is 7.90. The van der Waals surface area contributed by atoms with E-state index in [1.165, 1.54) is 19.1 Å². The fourth-order valence-corrected chi connectivity index (χ4v) is 3.65. The van der Waals surface area contributed by atoms with Crippen LogP contribution in [0.3, 0.4) is 0 Å². The number of sulfone groups is 1. The van der Waals surface area contributed by atoms with Crippen LogP contribution in [0.1, 0.15) is 18.4 Å². The van der Waals surface area contributed by atoms with Gasteiger partial charge in [-0.05, 0) is 36.6 Å². The van der Waals surface area contributed by atoms with E-state index in [2.05, 4.69) is 15.2 Å². The van der Waals surface area contributed by atoms with E-state index in [9.17, 15) is 8.42 Å². The number of nitrogens with zero attached hydrogens (tertiary/aromatic N) is 2. The van der Waals surface area contributed by atoms with Gasteiger partial charge >= 0.3 is 0 Å². The smallest absolute Gasteiger partial charge is 0.177 e. The lowest BCUT2D eigenvalue weighted by atomic mass is 10.2. The van der Waals surface area contributed by atoms with Crippen LogP contribution in [-0.4, -0.2) is 32.7 Å². The number of rotatable bonds is 5. The molecule has 2 heterocycles. The minimum atomic E-state index is -3.24. The molecule has 5 nitrogen and oxygen atoms in total. The summed E-state index contributed by atoms with van der Waals surface area (Å²) in [6, 6.07) is 11.0. The molecule has 1 aliphatic heterocycles. The van der Waals surface area contributed by atoms with Crippen molar-refractivity contribution < 1.29 is 8.42 Å². The van der Waals surface area contributed by atoms with Crippen molar-refractivity contribution in [2.45, 2.75) is 24.3 Å². The molecule has 1 aliphatic rings. The van der Waals surface area contributed by atoms with E-state index in [1.54, 1.807) is 18.2 Å². The molecule has 23 heavy (non-hydrogen) atoms. The Morgan fingerprint density at radius 1 is 1.13 bits per heavy atom. The maximum absolute atomic E-state index is 11.8. The molecule has 0 unspecified atom stereocenters. The fraction of sp³-hybridized carbons (Fsp3) is 0.353. The lowest BCUT2D eigenvalue weighted by molar-refractivity contribution is 0.602. The summed E-state index contributed by atoms with van der Waals surface area (Å²) >= 11 is 0. The first-order valence-corrected chi connectivity index (χ1v) is 9.66. The van der Waals surface area contributed by atoms with Crippen LogP contribution in [0.15, 0.2) is 47.5 Å². The van der Waals surface area contributed by atoms with Gasteiger partial charge in [0.1, 0.15) is 5.82 Å². The van der Waals surface area contributed by atoms with Crippen LogP contribution in [0.5, 0.6) is 0 Å². The zero-order valence-electron chi connectivity index (χ0n) is 13.2. The molecule has 1 fully saturated rings. The predicted octanol–water partition coefficient (Wildman–Crippen LogP) is 2.70. The van der Waals surface area contributed by atoms with Crippen molar-refractivity contribution in [1.29, 1.82) is 0 Å². The SMILES string of the molecule is CS(=O)(=O)c1ccccc1NCc1ccc(N2CCCC2)nc1. The van der Waals surface area contributed by atoms with E-state index in [0.29, 0.717) is 17.1 Å². The molecule has 0 amide bonds. The second-order valence-electron chi connectivity index (χ2n) is 5.84. The molecule has 3 rings (SSSR count). The van der Waals surface area contributed by atoms with Crippen LogP contribution in [-0.2, 0) is 16.4 Å². The zero-order valence-corrected chi connectivity index (χ0v) is 14.0. The van der Waals surface area contributed by atoms with Crippen LogP contribution in [0, 0.1) is 0 Å². The number of benzene rings is 1. The van der Waals surface area contributed by atoms with Gasteiger partial charge in [-0.3, -0.25) is 0 Å². The van der Waals surface area contributed by atoms with Crippen molar-refractivity contribution >= 4 is 21.3 Å². The number of pyridine rings is 1. The van der Waals surface area contributed by atoms with Crippen molar-refractivity contribution in [3.05, 3.63) is 48.2 Å². The number of nitrogens with one attached hydrogen (secondary N) is 1. The first kappa shape index (κ1) is 15.8. The Balaban J connectivity index is 1.69. The molecule has 0 spiro atoms. The van der Waals surface area contributed by atoms with Gasteiger partial charge in [-0.25, -0.2) is 13.4 Å². The Hall–Kier alpha value is -2.08. The summed E-state index contributed by atoms with van der Waals surface area (Å²) in [6.07, 6.45) is 5.53. The largest absolute Gasteiger partial charge is 0.380 e. The third kappa shape index (κ3) is 3.82. The molecule has 0 radical (unpaired) electrons. The summed E-state index contributed by atoms with van der Waals surface area (Å²) in [6.45, 7) is 2.69. The molecule has 1 aromatic carbocycles. The summed E-state index contributed by atoms with van der Waals surface area (Å²) in [4.78, 5) is 7.12. The third-order valence-electron chi connectivity index (χ3n) is 4.01. The number of aromatic nitrogens is 1. The van der Waals surface area contributed by atoms with Crippen molar-refractivity contribution in [3.63, 3.8) is 0 Å². The minimum absolute atomic E-state index is 0.321. The van der Waals surface area contributed by atoms with Crippen LogP contribution in [0.2, 0.25) is 0 Å². The second kappa shape index (κ2) is 6.58. The van der Waals surface area contributed by atoms with Gasteiger partial charge in [-0.1, -0.05) is 18.2 Å². The zero-order chi connectivity index (χ0) is 16.3. The van der Waals surface area contributed by atoms with Crippen LogP contribution in [0.4, 0.5) is 11.5 Å². The molecule has 0 aliphatic carbocycles. The Bertz CT molecular complexity index is 767. The number of anilines is 2. The first-order valence-electron chi connectivity index (χ1n) is 7.77. The highest BCUT2D eigenvalue weighted by atomic mass is 32.2. The molecule has 0 bridgehead atoms. The quantitative estimate of drug-likeness (QED) is 0.913. The van der Waals surface area contributed by atoms with Gasteiger partial charge in [-0.2, -0.15) is 0 Å². The van der Waals surface area contributed by atoms with Crippen molar-refractivity contribution in [3.8, 4) is 0 Å². The Morgan fingerprint density at radius 2 is 1.87 bits per heavy atom. The van der Waals surface area contributed by atoms with Crippen molar-refractivity contribution in [1.82, 2.24) is 4.98 Å². The number of hydrogen-bond acceptors (Lipinski definition) is 5. The Labute approximate surface area is 137 Å². The normalized spacial score (nSPS) is 14.9. The van der Waals surface area contributed by atoms with E-state index in [4.69, 9.17) is 0 Å². The molecular formula is C17H21N3O2S. The molecule has 0 atom stereocenters. The van der Waals surface area contributed by atoms with Crippen LogP contribution < -0.4 is 10.2 Å². The molecule has 1 N–H and O–H groups in total. The van der Waals surface area contributed by atoms with Gasteiger partial charge in [0.25, 0.3) is 0 Å². The first-order chi connectivity index (χ1) is 11.0. The van der Waals surface area contributed by atoms with E-state index in [-0.39, 0.29) is 0 Å². The summed E-state index contributed by atoms with van der Waals surface area (Å²) < 4.78 is 23.6. The van der Waals surface area contributed by atoms with Gasteiger partial charge in [-0.15, -0.1) is 0 Å². The second-order valence-corrected chi connectivity index (χ2v) is 7.82. The molecular weight excluding hydrogens is 310 g/mol. The molecule has 2 aromatic rings. The van der Waals surface area contributed by atoms with Crippen molar-refractivity contribution in [2.75, 3.05) is 29.6 Å². The Morgan fingerprint density at radius 3 is 2.52 bits per heavy atom. The van der Waals surface area contributed by atoms with Gasteiger partial charge < -0.3 is 10.2 Å². The maximum Gasteiger partial charge on any atom is 0.177 e. The van der Waals surface area contributed by atoms with Gasteiger partial charge in [0.15, 0.2) is 9.84 Å². The highest BCUT2D eigenvalue weighted by Gasteiger charge is 2.14. The van der Waals surface area contributed by atoms with E-state index in [1.807, 2.05) is 24.4 Å². The summed E-state index contributed by atoms with van der Waals surface area (Å²) in [5, 5.41) is 3.19. The average molecular weight is 331 g/mol. The standard InChI is InChI=1S/C17H21N3O2S/c1-23(21,22)16-7-3-2-6-15(16)18-12-14-8-9-17(19-13-14)20-10-4-5-11-20/h2-3,6-9,13,18H,4-5,10-12H2,1H3. The van der Waals surface area contributed by atoms with E-state index >= 15 is 0 Å². The molecule has 6 heteroatoms. The predicted molar refractivity (Wildman–Crippen MR) is 92.6 cm³/mol. The Kier molecular flexibility index (Phi) is 4.52. The topological polar surface area (TPSA) is 62.3 Å². The maximum atomic E-state index is 11.8. The fourth-order valence-electron chi connectivity index (χ4n) is 2.79. The van der Waals surface area contributed by atoms with Gasteiger partial charge in [0, 0.05) is 32.1 Å². The monoisotopic (exact) mass is 331 g/mol. The average Bonchev–Trinajstić information content (AvgIpc) is 3.07.